The SMILES string of the molecule is CC(=O)Oc1cccc(CC2SC(=O)NC2=O)c1-c1cc2c(cc1C)C(C)(C)CCC2(C)C. The Balaban J connectivity index is 1.91. The van der Waals surface area contributed by atoms with Crippen LogP contribution in [0.3, 0.4) is 0 Å². The molecule has 6 heteroatoms. The summed E-state index contributed by atoms with van der Waals surface area (Å²) in [6, 6.07) is 10.1. The van der Waals surface area contributed by atoms with Gasteiger partial charge in [0.1, 0.15) is 5.75 Å². The molecule has 33 heavy (non-hydrogen) atoms. The van der Waals surface area contributed by atoms with Gasteiger partial charge in [-0.2, -0.15) is 0 Å². The number of hydrogen-bond donors (Lipinski definition) is 1. The van der Waals surface area contributed by atoms with E-state index in [9.17, 15) is 14.4 Å². The van der Waals surface area contributed by atoms with Gasteiger partial charge >= 0.3 is 5.97 Å². The molecule has 1 aliphatic heterocycles. The molecule has 174 valence electrons. The van der Waals surface area contributed by atoms with Crippen LogP contribution in [0.4, 0.5) is 4.79 Å². The van der Waals surface area contributed by atoms with Crippen molar-refractivity contribution < 1.29 is 19.1 Å². The summed E-state index contributed by atoms with van der Waals surface area (Å²) in [5, 5.41) is 1.54. The quantitative estimate of drug-likeness (QED) is 0.454. The molecular weight excluding hydrogens is 434 g/mol. The van der Waals surface area contributed by atoms with Gasteiger partial charge in [-0.25, -0.2) is 0 Å². The largest absolute Gasteiger partial charge is 0.426 e. The topological polar surface area (TPSA) is 72.5 Å². The van der Waals surface area contributed by atoms with Crippen LogP contribution in [0, 0.1) is 6.92 Å². The van der Waals surface area contributed by atoms with Crippen molar-refractivity contribution in [3.8, 4) is 16.9 Å². The van der Waals surface area contributed by atoms with Crippen molar-refractivity contribution in [1.29, 1.82) is 0 Å². The van der Waals surface area contributed by atoms with E-state index < -0.39 is 11.2 Å². The lowest BCUT2D eigenvalue weighted by Crippen LogP contribution is -2.34. The molecule has 1 atom stereocenters. The van der Waals surface area contributed by atoms with Crippen LogP contribution >= 0.6 is 11.8 Å². The van der Waals surface area contributed by atoms with Gasteiger partial charge in [-0.15, -0.1) is 0 Å². The number of aryl methyl sites for hydroxylation is 1. The summed E-state index contributed by atoms with van der Waals surface area (Å²) in [6.45, 7) is 12.6. The first kappa shape index (κ1) is 23.6. The summed E-state index contributed by atoms with van der Waals surface area (Å²) in [7, 11) is 0. The van der Waals surface area contributed by atoms with Crippen molar-refractivity contribution in [1.82, 2.24) is 5.32 Å². The Morgan fingerprint density at radius 3 is 2.30 bits per heavy atom. The van der Waals surface area contributed by atoms with Gasteiger partial charge in [0.15, 0.2) is 0 Å². The maximum Gasteiger partial charge on any atom is 0.308 e. The molecule has 0 spiro atoms. The summed E-state index contributed by atoms with van der Waals surface area (Å²) < 4.78 is 5.63. The minimum atomic E-state index is -0.503. The van der Waals surface area contributed by atoms with Crippen molar-refractivity contribution in [2.24, 2.45) is 0 Å². The first-order valence-electron chi connectivity index (χ1n) is 11.4. The van der Waals surface area contributed by atoms with Gasteiger partial charge in [0.2, 0.25) is 5.91 Å². The molecule has 2 aromatic carbocycles. The highest BCUT2D eigenvalue weighted by molar-refractivity contribution is 8.15. The highest BCUT2D eigenvalue weighted by Crippen LogP contribution is 2.49. The number of ether oxygens (including phenoxy) is 1. The van der Waals surface area contributed by atoms with Crippen molar-refractivity contribution in [2.75, 3.05) is 0 Å². The number of carbonyl (C=O) groups excluding carboxylic acids is 3. The Bertz CT molecular complexity index is 1160. The van der Waals surface area contributed by atoms with Gasteiger partial charge < -0.3 is 4.74 Å². The highest BCUT2D eigenvalue weighted by Gasteiger charge is 2.38. The predicted octanol–water partition coefficient (Wildman–Crippen LogP) is 5.83. The van der Waals surface area contributed by atoms with Crippen LogP contribution in [-0.4, -0.2) is 22.4 Å². The Morgan fingerprint density at radius 2 is 1.73 bits per heavy atom. The predicted molar refractivity (Wildman–Crippen MR) is 132 cm³/mol. The molecule has 0 radical (unpaired) electrons. The second-order valence-electron chi connectivity index (χ2n) is 10.5. The zero-order valence-corrected chi connectivity index (χ0v) is 20.9. The summed E-state index contributed by atoms with van der Waals surface area (Å²) in [6.07, 6.45) is 2.59. The summed E-state index contributed by atoms with van der Waals surface area (Å²) in [4.78, 5) is 35.9. The standard InChI is InChI=1S/C27H31NO4S/c1-15-12-19-20(27(5,6)11-10-26(19,3)4)14-18(15)23-17(8-7-9-21(23)32-16(2)29)13-22-24(30)28-25(31)33-22/h7-9,12,14,22H,10-11,13H2,1-6H3,(H,28,30,31). The maximum atomic E-state index is 12.3. The lowest BCUT2D eigenvalue weighted by Gasteiger charge is -2.42. The highest BCUT2D eigenvalue weighted by atomic mass is 32.2. The Labute approximate surface area is 199 Å². The molecule has 1 saturated heterocycles. The smallest absolute Gasteiger partial charge is 0.308 e. The molecule has 1 unspecified atom stereocenters. The van der Waals surface area contributed by atoms with E-state index in [0.29, 0.717) is 12.2 Å². The maximum absolute atomic E-state index is 12.3. The average Bonchev–Trinajstić information content (AvgIpc) is 3.02. The first-order chi connectivity index (χ1) is 15.4. The molecule has 0 aromatic heterocycles. The van der Waals surface area contributed by atoms with Crippen molar-refractivity contribution in [3.63, 3.8) is 0 Å². The summed E-state index contributed by atoms with van der Waals surface area (Å²) in [5.41, 5.74) is 6.59. The molecule has 0 bridgehead atoms. The Hall–Kier alpha value is -2.60. The van der Waals surface area contributed by atoms with Crippen LogP contribution in [0.2, 0.25) is 0 Å². The third kappa shape index (κ3) is 4.45. The molecule has 2 amide bonds. The zero-order chi connectivity index (χ0) is 24.1. The van der Waals surface area contributed by atoms with Crippen molar-refractivity contribution in [3.05, 3.63) is 52.6 Å². The van der Waals surface area contributed by atoms with Gasteiger partial charge in [-0.3, -0.25) is 19.7 Å². The van der Waals surface area contributed by atoms with E-state index in [2.05, 4.69) is 52.1 Å². The number of amides is 2. The molecule has 1 N–H and O–H groups in total. The zero-order valence-electron chi connectivity index (χ0n) is 20.1. The average molecular weight is 466 g/mol. The number of thioether (sulfide) groups is 1. The van der Waals surface area contributed by atoms with Gasteiger partial charge in [-0.05, 0) is 77.0 Å². The minimum Gasteiger partial charge on any atom is -0.426 e. The molecule has 1 fully saturated rings. The van der Waals surface area contributed by atoms with E-state index >= 15 is 0 Å². The van der Waals surface area contributed by atoms with Crippen LogP contribution in [0.15, 0.2) is 30.3 Å². The molecule has 2 aromatic rings. The van der Waals surface area contributed by atoms with E-state index in [1.54, 1.807) is 6.07 Å². The monoisotopic (exact) mass is 465 g/mol. The summed E-state index contributed by atoms with van der Waals surface area (Å²) >= 11 is 1.01. The van der Waals surface area contributed by atoms with E-state index in [1.807, 2.05) is 12.1 Å². The molecular formula is C27H31NO4S. The van der Waals surface area contributed by atoms with E-state index in [-0.39, 0.29) is 22.0 Å². The van der Waals surface area contributed by atoms with Gasteiger partial charge in [0, 0.05) is 12.5 Å². The van der Waals surface area contributed by atoms with Crippen LogP contribution in [-0.2, 0) is 26.8 Å². The number of benzene rings is 2. The number of rotatable bonds is 4. The first-order valence-corrected chi connectivity index (χ1v) is 12.2. The lowest BCUT2D eigenvalue weighted by atomic mass is 9.62. The second-order valence-corrected chi connectivity index (χ2v) is 11.6. The fraction of sp³-hybridized carbons (Fsp3) is 0.444. The molecule has 0 saturated carbocycles. The number of esters is 1. The van der Waals surface area contributed by atoms with Gasteiger partial charge in [0.05, 0.1) is 5.25 Å². The number of nitrogens with one attached hydrogen (secondary N) is 1. The van der Waals surface area contributed by atoms with Gasteiger partial charge in [-0.1, -0.05) is 57.7 Å². The van der Waals surface area contributed by atoms with Crippen molar-refractivity contribution in [2.45, 2.75) is 76.9 Å². The van der Waals surface area contributed by atoms with Gasteiger partial charge in [0.25, 0.3) is 5.24 Å². The van der Waals surface area contributed by atoms with E-state index in [0.717, 1.165) is 46.9 Å². The van der Waals surface area contributed by atoms with Crippen molar-refractivity contribution >= 4 is 28.9 Å². The minimum absolute atomic E-state index is 0.0253. The number of fused-ring (bicyclic) bond motifs is 1. The van der Waals surface area contributed by atoms with Crippen LogP contribution < -0.4 is 10.1 Å². The van der Waals surface area contributed by atoms with Crippen LogP contribution in [0.1, 0.15) is 69.7 Å². The van der Waals surface area contributed by atoms with Crippen LogP contribution in [0.5, 0.6) is 5.75 Å². The molecule has 5 nitrogen and oxygen atoms in total. The summed E-state index contributed by atoms with van der Waals surface area (Å²) in [5.74, 6) is -0.196. The Kier molecular flexibility index (Phi) is 5.94. The molecule has 1 heterocycles. The third-order valence-corrected chi connectivity index (χ3v) is 7.99. The number of hydrogen-bond acceptors (Lipinski definition) is 5. The fourth-order valence-electron chi connectivity index (χ4n) is 5.01. The second kappa shape index (κ2) is 8.32. The fourth-order valence-corrected chi connectivity index (χ4v) is 5.86. The molecule has 2 aliphatic rings. The van der Waals surface area contributed by atoms with E-state index in [1.165, 1.54) is 18.1 Å². The van der Waals surface area contributed by atoms with E-state index in [4.69, 9.17) is 4.74 Å². The molecule has 4 rings (SSSR count). The van der Waals surface area contributed by atoms with Crippen LogP contribution in [0.25, 0.3) is 11.1 Å². The Morgan fingerprint density at radius 1 is 1.09 bits per heavy atom. The number of imide groups is 1. The normalized spacial score (nSPS) is 20.8. The number of carbonyl (C=O) groups is 3. The molecule has 1 aliphatic carbocycles. The third-order valence-electron chi connectivity index (χ3n) is 7.01. The lowest BCUT2D eigenvalue weighted by molar-refractivity contribution is -0.131.